The second-order valence-electron chi connectivity index (χ2n) is 2.67. The lowest BCUT2D eigenvalue weighted by molar-refractivity contribution is -0.390. The van der Waals surface area contributed by atoms with Gasteiger partial charge in [0.05, 0.1) is 17.8 Å². The van der Waals surface area contributed by atoms with E-state index in [1.807, 2.05) is 6.26 Å². The molecule has 78 valence electrons. The van der Waals surface area contributed by atoms with Crippen molar-refractivity contribution in [3.63, 3.8) is 0 Å². The molecule has 0 saturated heterocycles. The van der Waals surface area contributed by atoms with Crippen molar-refractivity contribution in [3.8, 4) is 0 Å². The van der Waals surface area contributed by atoms with Crippen molar-refractivity contribution in [1.29, 1.82) is 0 Å². The first kappa shape index (κ1) is 11.5. The zero-order valence-electron chi connectivity index (χ0n) is 7.64. The smallest absolute Gasteiger partial charge is 0.358 e. The first-order valence-corrected chi connectivity index (χ1v) is 6.20. The van der Waals surface area contributed by atoms with Crippen LogP contribution in [0.25, 0.3) is 0 Å². The normalized spacial score (nSPS) is 10.4. The van der Waals surface area contributed by atoms with Crippen molar-refractivity contribution in [3.05, 3.63) is 20.8 Å². The summed E-state index contributed by atoms with van der Waals surface area (Å²) in [6, 6.07) is 0. The number of nitro groups is 1. The third-order valence-corrected chi connectivity index (χ3v) is 2.86. The molecule has 0 aliphatic heterocycles. The summed E-state index contributed by atoms with van der Waals surface area (Å²) >= 11 is 4.85. The second kappa shape index (κ2) is 5.35. The summed E-state index contributed by atoms with van der Waals surface area (Å²) in [5.74, 6) is 0.916. The molecule has 0 N–H and O–H groups in total. The fraction of sp³-hybridized carbons (Fsp3) is 0.571. The van der Waals surface area contributed by atoms with E-state index in [1.54, 1.807) is 22.6 Å². The third-order valence-electron chi connectivity index (χ3n) is 1.61. The predicted octanol–water partition coefficient (Wildman–Crippen LogP) is 2.31. The fourth-order valence-corrected chi connectivity index (χ4v) is 1.87. The second-order valence-corrected chi connectivity index (χ2v) is 4.51. The molecule has 0 amide bonds. The fourth-order valence-electron chi connectivity index (χ4n) is 0.996. The van der Waals surface area contributed by atoms with Crippen LogP contribution in [0, 0.1) is 10.1 Å². The molecule has 7 heteroatoms. The highest BCUT2D eigenvalue weighted by Gasteiger charge is 2.17. The molecule has 5 nitrogen and oxygen atoms in total. The Kier molecular flexibility index (Phi) is 4.40. The van der Waals surface area contributed by atoms with Gasteiger partial charge in [-0.05, 0) is 39.3 Å². The van der Waals surface area contributed by atoms with Crippen LogP contribution in [0.2, 0.25) is 0 Å². The molecule has 0 radical (unpaired) electrons. The third kappa shape index (κ3) is 2.98. The summed E-state index contributed by atoms with van der Waals surface area (Å²) < 4.78 is 2.03. The van der Waals surface area contributed by atoms with Gasteiger partial charge in [-0.25, -0.2) is 0 Å². The van der Waals surface area contributed by atoms with Crippen LogP contribution in [-0.2, 0) is 6.54 Å². The van der Waals surface area contributed by atoms with Gasteiger partial charge in [0.25, 0.3) is 0 Å². The molecule has 1 aromatic rings. The highest BCUT2D eigenvalue weighted by molar-refractivity contribution is 9.10. The Labute approximate surface area is 94.1 Å². The van der Waals surface area contributed by atoms with Crippen molar-refractivity contribution in [2.75, 3.05) is 12.0 Å². The Morgan fingerprint density at radius 1 is 1.79 bits per heavy atom. The minimum atomic E-state index is -0.491. The van der Waals surface area contributed by atoms with E-state index in [1.165, 1.54) is 0 Å². The molecule has 0 unspecified atom stereocenters. The van der Waals surface area contributed by atoms with Gasteiger partial charge in [-0.3, -0.25) is 0 Å². The Morgan fingerprint density at radius 2 is 2.50 bits per heavy atom. The number of nitrogens with zero attached hydrogens (tertiary/aromatic N) is 3. The van der Waals surface area contributed by atoms with E-state index in [4.69, 9.17) is 0 Å². The summed E-state index contributed by atoms with van der Waals surface area (Å²) in [5, 5.41) is 14.3. The zero-order chi connectivity index (χ0) is 10.6. The Balaban J connectivity index is 2.62. The van der Waals surface area contributed by atoms with Crippen molar-refractivity contribution < 1.29 is 4.92 Å². The number of thioether (sulfide) groups is 1. The minimum absolute atomic E-state index is 0.117. The number of rotatable bonds is 5. The van der Waals surface area contributed by atoms with E-state index < -0.39 is 4.92 Å². The Morgan fingerprint density at radius 3 is 3.00 bits per heavy atom. The molecule has 0 aliphatic rings. The summed E-state index contributed by atoms with van der Waals surface area (Å²) in [5.41, 5.74) is 0. The van der Waals surface area contributed by atoms with E-state index in [0.717, 1.165) is 12.2 Å². The molecule has 0 aliphatic carbocycles. The zero-order valence-corrected chi connectivity index (χ0v) is 10.0. The van der Waals surface area contributed by atoms with Crippen LogP contribution in [-0.4, -0.2) is 26.7 Å². The maximum Gasteiger partial charge on any atom is 0.404 e. The quantitative estimate of drug-likeness (QED) is 0.471. The number of aromatic nitrogens is 2. The molecular weight excluding hydrogens is 270 g/mol. The summed E-state index contributed by atoms with van der Waals surface area (Å²) in [6.07, 6.45) is 4.63. The van der Waals surface area contributed by atoms with Gasteiger partial charge in [0, 0.05) is 0 Å². The van der Waals surface area contributed by atoms with Crippen molar-refractivity contribution in [1.82, 2.24) is 9.78 Å². The molecular formula is C7H10BrN3O2S. The van der Waals surface area contributed by atoms with Gasteiger partial charge < -0.3 is 10.1 Å². The summed E-state index contributed by atoms with van der Waals surface area (Å²) in [6.45, 7) is 0.716. The van der Waals surface area contributed by atoms with Gasteiger partial charge in [-0.1, -0.05) is 0 Å². The molecule has 0 saturated carbocycles. The van der Waals surface area contributed by atoms with Crippen LogP contribution in [0.1, 0.15) is 6.42 Å². The van der Waals surface area contributed by atoms with Crippen molar-refractivity contribution in [2.45, 2.75) is 13.0 Å². The standard InChI is InChI=1S/C7H10BrN3O2S/c1-14-4-2-3-10-5-6(8)7(9-10)11(12)13/h5H,2-4H2,1H3. The SMILES string of the molecule is CSCCCn1cc(Br)c([N+](=O)[O-])n1. The lowest BCUT2D eigenvalue weighted by atomic mass is 10.5. The van der Waals surface area contributed by atoms with Gasteiger partial charge in [-0.2, -0.15) is 16.4 Å². The maximum atomic E-state index is 10.5. The lowest BCUT2D eigenvalue weighted by Gasteiger charge is -1.94. The summed E-state index contributed by atoms with van der Waals surface area (Å²) in [4.78, 5) is 9.97. The molecule has 1 heterocycles. The first-order valence-electron chi connectivity index (χ1n) is 4.01. The van der Waals surface area contributed by atoms with E-state index >= 15 is 0 Å². The largest absolute Gasteiger partial charge is 0.404 e. The van der Waals surface area contributed by atoms with Gasteiger partial charge in [0.1, 0.15) is 4.47 Å². The van der Waals surface area contributed by atoms with Crippen LogP contribution in [0.5, 0.6) is 0 Å². The lowest BCUT2D eigenvalue weighted by Crippen LogP contribution is -2.00. The Hall–Kier alpha value is -0.560. The van der Waals surface area contributed by atoms with Gasteiger partial charge in [0.15, 0.2) is 0 Å². The summed E-state index contributed by atoms with van der Waals surface area (Å²) in [7, 11) is 0. The molecule has 0 bridgehead atoms. The Bertz CT molecular complexity index is 329. The molecule has 0 spiro atoms. The number of aryl methyl sites for hydroxylation is 1. The van der Waals surface area contributed by atoms with Gasteiger partial charge >= 0.3 is 5.82 Å². The van der Waals surface area contributed by atoms with E-state index in [9.17, 15) is 10.1 Å². The van der Waals surface area contributed by atoms with E-state index in [0.29, 0.717) is 11.0 Å². The monoisotopic (exact) mass is 279 g/mol. The molecule has 0 fully saturated rings. The molecule has 1 aromatic heterocycles. The minimum Gasteiger partial charge on any atom is -0.358 e. The van der Waals surface area contributed by atoms with E-state index in [-0.39, 0.29) is 5.82 Å². The predicted molar refractivity (Wildman–Crippen MR) is 59.6 cm³/mol. The van der Waals surface area contributed by atoms with Crippen LogP contribution < -0.4 is 0 Å². The number of hydrogen-bond acceptors (Lipinski definition) is 4. The van der Waals surface area contributed by atoms with Crippen molar-refractivity contribution in [2.24, 2.45) is 0 Å². The first-order chi connectivity index (χ1) is 6.65. The average molecular weight is 280 g/mol. The van der Waals surface area contributed by atoms with Crippen LogP contribution in [0.3, 0.4) is 0 Å². The van der Waals surface area contributed by atoms with Gasteiger partial charge in [-0.15, -0.1) is 0 Å². The maximum absolute atomic E-state index is 10.5. The van der Waals surface area contributed by atoms with Gasteiger partial charge in [0.2, 0.25) is 0 Å². The molecule has 14 heavy (non-hydrogen) atoms. The topological polar surface area (TPSA) is 61.0 Å². The molecule has 0 atom stereocenters. The number of hydrogen-bond donors (Lipinski definition) is 0. The average Bonchev–Trinajstić information content (AvgIpc) is 2.47. The number of halogens is 1. The molecule has 1 rings (SSSR count). The van der Waals surface area contributed by atoms with Crippen LogP contribution in [0.15, 0.2) is 10.7 Å². The van der Waals surface area contributed by atoms with Crippen LogP contribution >= 0.6 is 27.7 Å². The highest BCUT2D eigenvalue weighted by Crippen LogP contribution is 2.22. The van der Waals surface area contributed by atoms with Crippen LogP contribution in [0.4, 0.5) is 5.82 Å². The van der Waals surface area contributed by atoms with Crippen molar-refractivity contribution >= 4 is 33.5 Å². The highest BCUT2D eigenvalue weighted by atomic mass is 79.9. The van der Waals surface area contributed by atoms with E-state index in [2.05, 4.69) is 21.0 Å². The molecule has 0 aromatic carbocycles.